The third-order valence-electron chi connectivity index (χ3n) is 1.40. The average Bonchev–Trinajstić information content (AvgIpc) is 1.91. The Bertz CT molecular complexity index is 114. The van der Waals surface area contributed by atoms with Crippen LogP contribution in [0.5, 0.6) is 0 Å². The molecule has 4 N–H and O–H groups in total. The van der Waals surface area contributed by atoms with Crippen molar-refractivity contribution in [1.29, 1.82) is 0 Å². The second-order valence-corrected chi connectivity index (χ2v) is 2.08. The first-order valence-electron chi connectivity index (χ1n) is 3.24. The normalized spacial score (nSPS) is 11.2. The second kappa shape index (κ2) is 8.49. The summed E-state index contributed by atoms with van der Waals surface area (Å²) < 4.78 is 0. The van der Waals surface area contributed by atoms with Gasteiger partial charge in [0, 0.05) is 19.0 Å². The monoisotopic (exact) mass is 169 g/mol. The summed E-state index contributed by atoms with van der Waals surface area (Å²) in [7, 11) is 1.51. The summed E-state index contributed by atoms with van der Waals surface area (Å²) in [6.07, 6.45) is 0. The fraction of sp³-hybridized carbons (Fsp3) is 0.833. The number of hydrogen-bond acceptors (Lipinski definition) is 4. The van der Waals surface area contributed by atoms with Crippen LogP contribution in [0.2, 0.25) is 0 Å². The Kier molecular flexibility index (Phi) is 10.8. The van der Waals surface area contributed by atoms with Gasteiger partial charge in [0.05, 0.1) is 5.71 Å². The topological polar surface area (TPSA) is 73.6 Å². The van der Waals surface area contributed by atoms with Crippen LogP contribution < -0.4 is 11.5 Å². The van der Waals surface area contributed by atoms with E-state index in [9.17, 15) is 0 Å². The first kappa shape index (κ1) is 13.9. The molecule has 0 aliphatic carbocycles. The van der Waals surface area contributed by atoms with Crippen molar-refractivity contribution in [2.75, 3.05) is 20.2 Å². The van der Waals surface area contributed by atoms with Gasteiger partial charge in [-0.05, 0) is 6.92 Å². The summed E-state index contributed by atoms with van der Waals surface area (Å²) in [5.41, 5.74) is 11.7. The Morgan fingerprint density at radius 2 is 1.91 bits per heavy atom. The van der Waals surface area contributed by atoms with E-state index in [1.54, 1.807) is 0 Å². The molecule has 0 unspecified atom stereocenters. The zero-order chi connectivity index (χ0) is 7.98. The molecular formula is C6H16N3NaO. The van der Waals surface area contributed by atoms with Crippen LogP contribution in [-0.2, 0) is 4.84 Å². The predicted molar refractivity (Wildman–Crippen MR) is 48.9 cm³/mol. The molecule has 0 radical (unpaired) electrons. The zero-order valence-corrected chi connectivity index (χ0v) is 6.50. The van der Waals surface area contributed by atoms with Gasteiger partial charge in [0.1, 0.15) is 7.11 Å². The van der Waals surface area contributed by atoms with Crippen LogP contribution in [0, 0.1) is 5.92 Å². The van der Waals surface area contributed by atoms with Gasteiger partial charge in [-0.15, -0.1) is 0 Å². The van der Waals surface area contributed by atoms with E-state index in [1.165, 1.54) is 7.11 Å². The Labute approximate surface area is 89.6 Å². The molecule has 0 aliphatic heterocycles. The SMILES string of the molecule is CO/N=C(\C)C(CN)CN.[NaH]. The first-order valence-corrected chi connectivity index (χ1v) is 3.24. The Balaban J connectivity index is 0. The van der Waals surface area contributed by atoms with Gasteiger partial charge in [-0.2, -0.15) is 0 Å². The number of nitrogens with two attached hydrogens (primary N) is 2. The minimum atomic E-state index is 0. The van der Waals surface area contributed by atoms with Gasteiger partial charge >= 0.3 is 29.6 Å². The molecule has 0 aromatic carbocycles. The van der Waals surface area contributed by atoms with E-state index < -0.39 is 0 Å². The van der Waals surface area contributed by atoms with Gasteiger partial charge in [0.2, 0.25) is 0 Å². The van der Waals surface area contributed by atoms with Gasteiger partial charge < -0.3 is 16.3 Å². The van der Waals surface area contributed by atoms with Crippen molar-refractivity contribution in [3.05, 3.63) is 0 Å². The predicted octanol–water partition coefficient (Wildman–Crippen LogP) is -1.11. The molecule has 11 heavy (non-hydrogen) atoms. The van der Waals surface area contributed by atoms with E-state index >= 15 is 0 Å². The van der Waals surface area contributed by atoms with Crippen LogP contribution in [0.4, 0.5) is 0 Å². The third kappa shape index (κ3) is 5.64. The molecular weight excluding hydrogens is 153 g/mol. The van der Waals surface area contributed by atoms with Crippen molar-refractivity contribution in [3.8, 4) is 0 Å². The fourth-order valence-electron chi connectivity index (χ4n) is 0.656. The van der Waals surface area contributed by atoms with E-state index in [4.69, 9.17) is 11.5 Å². The van der Waals surface area contributed by atoms with E-state index in [-0.39, 0.29) is 35.5 Å². The van der Waals surface area contributed by atoms with Crippen LogP contribution in [0.15, 0.2) is 5.16 Å². The van der Waals surface area contributed by atoms with Crippen molar-refractivity contribution in [1.82, 2.24) is 0 Å². The first-order chi connectivity index (χ1) is 4.76. The van der Waals surface area contributed by atoms with Crippen molar-refractivity contribution < 1.29 is 4.84 Å². The molecule has 0 saturated carbocycles. The van der Waals surface area contributed by atoms with Gasteiger partial charge in [-0.3, -0.25) is 0 Å². The van der Waals surface area contributed by atoms with Crippen LogP contribution >= 0.6 is 0 Å². The Morgan fingerprint density at radius 1 is 1.45 bits per heavy atom. The molecule has 5 heteroatoms. The maximum absolute atomic E-state index is 5.40. The summed E-state index contributed by atoms with van der Waals surface area (Å²) in [4.78, 5) is 4.57. The van der Waals surface area contributed by atoms with Crippen LogP contribution in [0.1, 0.15) is 6.92 Å². The maximum atomic E-state index is 5.40. The van der Waals surface area contributed by atoms with Gasteiger partial charge in [-0.1, -0.05) is 5.16 Å². The Morgan fingerprint density at radius 3 is 2.18 bits per heavy atom. The van der Waals surface area contributed by atoms with E-state index in [1.807, 2.05) is 6.92 Å². The van der Waals surface area contributed by atoms with E-state index in [0.29, 0.717) is 13.1 Å². The number of hydrogen-bond donors (Lipinski definition) is 2. The van der Waals surface area contributed by atoms with Crippen molar-refractivity contribution in [2.24, 2.45) is 22.5 Å². The second-order valence-electron chi connectivity index (χ2n) is 2.08. The van der Waals surface area contributed by atoms with Gasteiger partial charge in [0.15, 0.2) is 0 Å². The van der Waals surface area contributed by atoms with Gasteiger partial charge in [-0.25, -0.2) is 0 Å². The molecule has 0 aromatic heterocycles. The molecule has 0 saturated heterocycles. The Hall–Kier alpha value is 0.390. The third-order valence-corrected chi connectivity index (χ3v) is 1.40. The fourth-order valence-corrected chi connectivity index (χ4v) is 0.656. The number of rotatable bonds is 4. The molecule has 0 amide bonds. The van der Waals surface area contributed by atoms with Gasteiger partial charge in [0.25, 0.3) is 0 Å². The molecule has 0 atom stereocenters. The molecule has 0 bridgehead atoms. The standard InChI is InChI=1S/C6H15N3O.Na.H/c1-5(9-10-2)6(3-7)4-8;;/h6H,3-4,7-8H2,1-2H3;;/b9-5+;;. The number of nitrogens with zero attached hydrogens (tertiary/aromatic N) is 1. The van der Waals surface area contributed by atoms with Crippen LogP contribution in [0.3, 0.4) is 0 Å². The van der Waals surface area contributed by atoms with Crippen molar-refractivity contribution >= 4 is 35.3 Å². The molecule has 0 aromatic rings. The quantitative estimate of drug-likeness (QED) is 0.318. The molecule has 0 spiro atoms. The molecule has 62 valence electrons. The molecule has 4 nitrogen and oxygen atoms in total. The summed E-state index contributed by atoms with van der Waals surface area (Å²) in [6, 6.07) is 0. The van der Waals surface area contributed by atoms with E-state index in [0.717, 1.165) is 5.71 Å². The summed E-state index contributed by atoms with van der Waals surface area (Å²) >= 11 is 0. The summed E-state index contributed by atoms with van der Waals surface area (Å²) in [5, 5.41) is 3.72. The number of oxime groups is 1. The zero-order valence-electron chi connectivity index (χ0n) is 6.50. The molecule has 0 fully saturated rings. The summed E-state index contributed by atoms with van der Waals surface area (Å²) in [6.45, 7) is 2.90. The molecule has 0 aliphatic rings. The van der Waals surface area contributed by atoms with Crippen molar-refractivity contribution in [3.63, 3.8) is 0 Å². The summed E-state index contributed by atoms with van der Waals surface area (Å²) in [5.74, 6) is 0.153. The van der Waals surface area contributed by atoms with E-state index in [2.05, 4.69) is 9.99 Å². The molecule has 0 heterocycles. The van der Waals surface area contributed by atoms with Crippen LogP contribution in [0.25, 0.3) is 0 Å². The average molecular weight is 169 g/mol. The minimum absolute atomic E-state index is 0. The molecule has 0 rings (SSSR count). The van der Waals surface area contributed by atoms with Crippen molar-refractivity contribution in [2.45, 2.75) is 6.92 Å². The van der Waals surface area contributed by atoms with Crippen LogP contribution in [-0.4, -0.2) is 55.5 Å².